The highest BCUT2D eigenvalue weighted by Crippen LogP contribution is 2.31. The standard InChI is InChI=1S/C21H17F4N3O/c22-17-7-3-14(4-8-17)18-9-10-20(27-26-18)28-11-12-29-19(13-28)15-1-5-16(6-2-15)21(23,24)25/h1-10,19H,11-13H2. The summed E-state index contributed by atoms with van der Waals surface area (Å²) in [5.74, 6) is 0.331. The van der Waals surface area contributed by atoms with Crippen molar-refractivity contribution in [1.29, 1.82) is 0 Å². The Hall–Kier alpha value is -3.00. The van der Waals surface area contributed by atoms with Gasteiger partial charge in [0, 0.05) is 18.7 Å². The minimum atomic E-state index is -4.36. The number of hydrogen-bond donors (Lipinski definition) is 0. The summed E-state index contributed by atoms with van der Waals surface area (Å²) in [6, 6.07) is 14.6. The van der Waals surface area contributed by atoms with Crippen LogP contribution < -0.4 is 4.90 Å². The Bertz CT molecular complexity index is 957. The lowest BCUT2D eigenvalue weighted by atomic mass is 10.1. The Morgan fingerprint density at radius 2 is 1.62 bits per heavy atom. The Balaban J connectivity index is 1.47. The maximum atomic E-state index is 13.1. The molecule has 1 aliphatic heterocycles. The molecule has 150 valence electrons. The van der Waals surface area contributed by atoms with Gasteiger partial charge in [0.05, 0.1) is 17.9 Å². The van der Waals surface area contributed by atoms with Crippen molar-refractivity contribution in [3.8, 4) is 11.3 Å². The molecule has 3 aromatic rings. The molecule has 1 unspecified atom stereocenters. The lowest BCUT2D eigenvalue weighted by Gasteiger charge is -2.33. The van der Waals surface area contributed by atoms with Crippen molar-refractivity contribution < 1.29 is 22.3 Å². The third-order valence-corrected chi connectivity index (χ3v) is 4.79. The smallest absolute Gasteiger partial charge is 0.370 e. The number of benzene rings is 2. The van der Waals surface area contributed by atoms with Crippen molar-refractivity contribution in [2.24, 2.45) is 0 Å². The van der Waals surface area contributed by atoms with E-state index in [4.69, 9.17) is 4.74 Å². The molecule has 0 aliphatic carbocycles. The molecular weight excluding hydrogens is 386 g/mol. The number of nitrogens with zero attached hydrogens (tertiary/aromatic N) is 3. The van der Waals surface area contributed by atoms with E-state index in [9.17, 15) is 17.6 Å². The Morgan fingerprint density at radius 3 is 2.24 bits per heavy atom. The molecule has 0 N–H and O–H groups in total. The number of ether oxygens (including phenoxy) is 1. The zero-order chi connectivity index (χ0) is 20.4. The Kier molecular flexibility index (Phi) is 5.19. The van der Waals surface area contributed by atoms with Crippen molar-refractivity contribution in [2.45, 2.75) is 12.3 Å². The number of aromatic nitrogens is 2. The fourth-order valence-electron chi connectivity index (χ4n) is 3.21. The van der Waals surface area contributed by atoms with E-state index in [0.717, 1.165) is 17.7 Å². The maximum Gasteiger partial charge on any atom is 0.416 e. The third kappa shape index (κ3) is 4.37. The first-order valence-electron chi connectivity index (χ1n) is 9.03. The highest BCUT2D eigenvalue weighted by molar-refractivity contribution is 5.59. The van der Waals surface area contributed by atoms with Gasteiger partial charge in [-0.1, -0.05) is 12.1 Å². The van der Waals surface area contributed by atoms with E-state index in [1.165, 1.54) is 24.3 Å². The molecule has 1 fully saturated rings. The van der Waals surface area contributed by atoms with Gasteiger partial charge in [0.25, 0.3) is 0 Å². The van der Waals surface area contributed by atoms with Gasteiger partial charge in [0.2, 0.25) is 0 Å². The van der Waals surface area contributed by atoms with Crippen LogP contribution in [-0.4, -0.2) is 29.9 Å². The molecule has 4 nitrogen and oxygen atoms in total. The number of anilines is 1. The maximum absolute atomic E-state index is 13.1. The zero-order valence-electron chi connectivity index (χ0n) is 15.2. The number of alkyl halides is 3. The average Bonchev–Trinajstić information content (AvgIpc) is 2.74. The highest BCUT2D eigenvalue weighted by Gasteiger charge is 2.31. The molecule has 29 heavy (non-hydrogen) atoms. The first kappa shape index (κ1) is 19.3. The van der Waals surface area contributed by atoms with Gasteiger partial charge in [-0.2, -0.15) is 13.2 Å². The number of halogens is 4. The van der Waals surface area contributed by atoms with Gasteiger partial charge < -0.3 is 9.64 Å². The first-order chi connectivity index (χ1) is 13.9. The minimum Gasteiger partial charge on any atom is -0.370 e. The summed E-state index contributed by atoms with van der Waals surface area (Å²) in [7, 11) is 0. The van der Waals surface area contributed by atoms with Crippen LogP contribution in [-0.2, 0) is 10.9 Å². The van der Waals surface area contributed by atoms with E-state index in [1.807, 2.05) is 11.0 Å². The topological polar surface area (TPSA) is 38.2 Å². The summed E-state index contributed by atoms with van der Waals surface area (Å²) in [5, 5.41) is 8.46. The van der Waals surface area contributed by atoms with Crippen LogP contribution in [0.4, 0.5) is 23.4 Å². The summed E-state index contributed by atoms with van der Waals surface area (Å²) in [4.78, 5) is 1.98. The molecular formula is C21H17F4N3O. The normalized spacial score (nSPS) is 17.4. The van der Waals surface area contributed by atoms with Crippen LogP contribution in [0, 0.1) is 5.82 Å². The molecule has 2 heterocycles. The first-order valence-corrected chi connectivity index (χ1v) is 9.03. The van der Waals surface area contributed by atoms with Crippen LogP contribution in [0.3, 0.4) is 0 Å². The predicted molar refractivity (Wildman–Crippen MR) is 99.8 cm³/mol. The summed E-state index contributed by atoms with van der Waals surface area (Å²) in [5.41, 5.74) is 1.38. The van der Waals surface area contributed by atoms with E-state index in [1.54, 1.807) is 18.2 Å². The molecule has 1 aromatic heterocycles. The van der Waals surface area contributed by atoms with E-state index in [2.05, 4.69) is 10.2 Å². The fourth-order valence-corrected chi connectivity index (χ4v) is 3.21. The van der Waals surface area contributed by atoms with Crippen LogP contribution in [0.5, 0.6) is 0 Å². The summed E-state index contributed by atoms with van der Waals surface area (Å²) >= 11 is 0. The molecule has 4 rings (SSSR count). The second-order valence-electron chi connectivity index (χ2n) is 6.71. The summed E-state index contributed by atoms with van der Waals surface area (Å²) in [6.45, 7) is 1.48. The van der Waals surface area contributed by atoms with Crippen molar-refractivity contribution in [2.75, 3.05) is 24.6 Å². The molecule has 0 spiro atoms. The molecule has 0 bridgehead atoms. The Morgan fingerprint density at radius 1 is 0.897 bits per heavy atom. The van der Waals surface area contributed by atoms with Gasteiger partial charge in [-0.3, -0.25) is 0 Å². The van der Waals surface area contributed by atoms with E-state index < -0.39 is 11.7 Å². The lowest BCUT2D eigenvalue weighted by molar-refractivity contribution is -0.137. The van der Waals surface area contributed by atoms with E-state index >= 15 is 0 Å². The summed E-state index contributed by atoms with van der Waals surface area (Å²) < 4.78 is 57.0. The summed E-state index contributed by atoms with van der Waals surface area (Å²) in [6.07, 6.45) is -4.72. The van der Waals surface area contributed by atoms with Gasteiger partial charge in [0.1, 0.15) is 11.9 Å². The molecule has 0 saturated carbocycles. The quantitative estimate of drug-likeness (QED) is 0.585. The molecule has 8 heteroatoms. The lowest BCUT2D eigenvalue weighted by Crippen LogP contribution is -2.39. The Labute approximate surface area is 164 Å². The van der Waals surface area contributed by atoms with Gasteiger partial charge >= 0.3 is 6.18 Å². The van der Waals surface area contributed by atoms with Crippen LogP contribution >= 0.6 is 0 Å². The van der Waals surface area contributed by atoms with Crippen molar-refractivity contribution in [3.05, 3.63) is 77.6 Å². The molecule has 2 aromatic carbocycles. The second kappa shape index (κ2) is 7.79. The largest absolute Gasteiger partial charge is 0.416 e. The molecule has 0 amide bonds. The van der Waals surface area contributed by atoms with E-state index in [0.29, 0.717) is 36.8 Å². The molecule has 1 aliphatic rings. The SMILES string of the molecule is Fc1ccc(-c2ccc(N3CCOC(c4ccc(C(F)(F)F)cc4)C3)nn2)cc1. The molecule has 1 saturated heterocycles. The van der Waals surface area contributed by atoms with Gasteiger partial charge in [-0.05, 0) is 54.1 Å². The van der Waals surface area contributed by atoms with Gasteiger partial charge in [0.15, 0.2) is 5.82 Å². The minimum absolute atomic E-state index is 0.319. The zero-order valence-corrected chi connectivity index (χ0v) is 15.2. The molecule has 0 radical (unpaired) electrons. The second-order valence-corrected chi connectivity index (χ2v) is 6.71. The number of hydrogen-bond acceptors (Lipinski definition) is 4. The van der Waals surface area contributed by atoms with Gasteiger partial charge in [-0.15, -0.1) is 10.2 Å². The fraction of sp³-hybridized carbons (Fsp3) is 0.238. The average molecular weight is 403 g/mol. The van der Waals surface area contributed by atoms with Crippen molar-refractivity contribution in [3.63, 3.8) is 0 Å². The van der Waals surface area contributed by atoms with Crippen LogP contribution in [0.1, 0.15) is 17.2 Å². The molecule has 1 atom stereocenters. The van der Waals surface area contributed by atoms with Crippen LogP contribution in [0.15, 0.2) is 60.7 Å². The van der Waals surface area contributed by atoms with Crippen molar-refractivity contribution >= 4 is 5.82 Å². The van der Waals surface area contributed by atoms with Gasteiger partial charge in [-0.25, -0.2) is 4.39 Å². The number of morpholine rings is 1. The third-order valence-electron chi connectivity index (χ3n) is 4.79. The predicted octanol–water partition coefficient (Wildman–Crippen LogP) is 4.88. The van der Waals surface area contributed by atoms with E-state index in [-0.39, 0.29) is 11.9 Å². The van der Waals surface area contributed by atoms with Crippen LogP contribution in [0.25, 0.3) is 11.3 Å². The highest BCUT2D eigenvalue weighted by atomic mass is 19.4. The van der Waals surface area contributed by atoms with Crippen LogP contribution in [0.2, 0.25) is 0 Å². The monoisotopic (exact) mass is 403 g/mol. The number of rotatable bonds is 3. The van der Waals surface area contributed by atoms with Crippen molar-refractivity contribution in [1.82, 2.24) is 10.2 Å².